The number of rotatable bonds is 6. The fourth-order valence-electron chi connectivity index (χ4n) is 2.83. The molecular formula is C16H18F2N4O2. The van der Waals surface area contributed by atoms with Crippen LogP contribution in [-0.4, -0.2) is 34.1 Å². The van der Waals surface area contributed by atoms with Crippen molar-refractivity contribution < 1.29 is 18.3 Å². The van der Waals surface area contributed by atoms with Crippen LogP contribution in [0.2, 0.25) is 0 Å². The number of aromatic nitrogens is 3. The number of carbonyl (C=O) groups excluding carboxylic acids is 1. The summed E-state index contributed by atoms with van der Waals surface area (Å²) in [5.74, 6) is -0.148. The molecule has 6 nitrogen and oxygen atoms in total. The second kappa shape index (κ2) is 7.37. The van der Waals surface area contributed by atoms with Crippen LogP contribution in [-0.2, 0) is 17.8 Å². The summed E-state index contributed by atoms with van der Waals surface area (Å²) in [6, 6.07) is 3.26. The van der Waals surface area contributed by atoms with Gasteiger partial charge in [-0.25, -0.2) is 13.8 Å². The highest BCUT2D eigenvalue weighted by atomic mass is 19.3. The highest BCUT2D eigenvalue weighted by molar-refractivity contribution is 5.84. The Hall–Kier alpha value is -2.51. The molecular weight excluding hydrogens is 318 g/mol. The van der Waals surface area contributed by atoms with Gasteiger partial charge >= 0.3 is 0 Å². The second-order valence-electron chi connectivity index (χ2n) is 5.67. The summed E-state index contributed by atoms with van der Waals surface area (Å²) in [5.41, 5.74) is 2.72. The number of halogens is 2. The van der Waals surface area contributed by atoms with Crippen molar-refractivity contribution in [1.82, 2.24) is 20.5 Å². The number of aromatic amines is 1. The van der Waals surface area contributed by atoms with Crippen molar-refractivity contribution in [2.75, 3.05) is 6.61 Å². The van der Waals surface area contributed by atoms with E-state index >= 15 is 0 Å². The molecule has 2 heterocycles. The van der Waals surface area contributed by atoms with Crippen LogP contribution in [0.1, 0.15) is 35.6 Å². The molecule has 0 aromatic carbocycles. The molecule has 1 amide bonds. The molecule has 0 saturated carbocycles. The van der Waals surface area contributed by atoms with Gasteiger partial charge in [-0.3, -0.25) is 9.89 Å². The number of amides is 1. The summed E-state index contributed by atoms with van der Waals surface area (Å²) in [6.45, 7) is -0.412. The lowest BCUT2D eigenvalue weighted by atomic mass is 9.86. The molecule has 2 aromatic heterocycles. The molecule has 2 N–H and O–H groups in total. The largest absolute Gasteiger partial charge is 0.472 e. The van der Waals surface area contributed by atoms with Crippen molar-refractivity contribution in [2.24, 2.45) is 0 Å². The number of H-pyrrole nitrogens is 1. The number of hydrogen-bond acceptors (Lipinski definition) is 4. The van der Waals surface area contributed by atoms with Gasteiger partial charge in [-0.1, -0.05) is 0 Å². The first-order valence-corrected chi connectivity index (χ1v) is 7.79. The van der Waals surface area contributed by atoms with Gasteiger partial charge in [0, 0.05) is 30.1 Å². The third kappa shape index (κ3) is 3.87. The van der Waals surface area contributed by atoms with E-state index in [-0.39, 0.29) is 24.2 Å². The topological polar surface area (TPSA) is 79.9 Å². The lowest BCUT2D eigenvalue weighted by Gasteiger charge is -2.21. The van der Waals surface area contributed by atoms with Gasteiger partial charge in [0.15, 0.2) is 6.61 Å². The first kappa shape index (κ1) is 16.4. The molecule has 0 fully saturated rings. The van der Waals surface area contributed by atoms with E-state index in [1.54, 1.807) is 18.3 Å². The minimum atomic E-state index is -2.55. The average molecular weight is 336 g/mol. The maximum Gasteiger partial charge on any atom is 0.272 e. The van der Waals surface area contributed by atoms with Crippen LogP contribution in [0.5, 0.6) is 5.88 Å². The van der Waals surface area contributed by atoms with E-state index in [9.17, 15) is 13.6 Å². The number of nitrogens with zero attached hydrogens (tertiary/aromatic N) is 2. The molecule has 0 spiro atoms. The van der Waals surface area contributed by atoms with E-state index in [1.165, 1.54) is 6.20 Å². The normalized spacial score (nSPS) is 16.7. The van der Waals surface area contributed by atoms with Crippen LogP contribution in [0.15, 0.2) is 24.5 Å². The number of pyridine rings is 1. The molecule has 1 aliphatic carbocycles. The van der Waals surface area contributed by atoms with Gasteiger partial charge in [0.25, 0.3) is 6.43 Å². The average Bonchev–Trinajstić information content (AvgIpc) is 3.07. The molecule has 3 rings (SSSR count). The van der Waals surface area contributed by atoms with E-state index < -0.39 is 13.0 Å². The summed E-state index contributed by atoms with van der Waals surface area (Å²) in [4.78, 5) is 16.3. The smallest absolute Gasteiger partial charge is 0.272 e. The first-order valence-electron chi connectivity index (χ1n) is 7.79. The van der Waals surface area contributed by atoms with E-state index in [2.05, 4.69) is 20.5 Å². The Morgan fingerprint density at radius 2 is 2.38 bits per heavy atom. The van der Waals surface area contributed by atoms with Crippen LogP contribution in [0.25, 0.3) is 0 Å². The first-order chi connectivity index (χ1) is 11.6. The minimum absolute atomic E-state index is 0.0655. The molecule has 128 valence electrons. The second-order valence-corrected chi connectivity index (χ2v) is 5.67. The Bertz CT molecular complexity index is 705. The SMILES string of the molecule is O=C(NCc1ccnc(OCC(F)F)c1)C1CCCc2[nH]ncc21. The molecule has 1 atom stereocenters. The maximum atomic E-state index is 12.4. The third-order valence-electron chi connectivity index (χ3n) is 3.99. The molecule has 8 heteroatoms. The minimum Gasteiger partial charge on any atom is -0.472 e. The predicted molar refractivity (Wildman–Crippen MR) is 81.8 cm³/mol. The summed E-state index contributed by atoms with van der Waals surface area (Å²) < 4.78 is 29.2. The van der Waals surface area contributed by atoms with Crippen LogP contribution in [0.4, 0.5) is 8.78 Å². The zero-order valence-corrected chi connectivity index (χ0v) is 13.0. The maximum absolute atomic E-state index is 12.4. The zero-order chi connectivity index (χ0) is 16.9. The Kier molecular flexibility index (Phi) is 5.02. The Balaban J connectivity index is 1.58. The van der Waals surface area contributed by atoms with Gasteiger partial charge in [0.1, 0.15) is 0 Å². The standard InChI is InChI=1S/C16H18F2N4O2/c17-14(18)9-24-15-6-10(4-5-19-15)7-20-16(23)11-2-1-3-13-12(11)8-21-22-13/h4-6,8,11,14H,1-3,7,9H2,(H,20,23)(H,21,22). The number of alkyl halides is 2. The highest BCUT2D eigenvalue weighted by Gasteiger charge is 2.27. The van der Waals surface area contributed by atoms with Crippen molar-refractivity contribution in [3.8, 4) is 5.88 Å². The summed E-state index contributed by atoms with van der Waals surface area (Å²) in [6.07, 6.45) is 3.27. The van der Waals surface area contributed by atoms with Gasteiger partial charge in [-0.05, 0) is 30.9 Å². The quantitative estimate of drug-likeness (QED) is 0.847. The molecule has 0 aliphatic heterocycles. The molecule has 24 heavy (non-hydrogen) atoms. The summed E-state index contributed by atoms with van der Waals surface area (Å²) in [7, 11) is 0. The van der Waals surface area contributed by atoms with Gasteiger partial charge in [-0.2, -0.15) is 5.10 Å². The van der Waals surface area contributed by atoms with Crippen LogP contribution in [0.3, 0.4) is 0 Å². The number of carbonyl (C=O) groups is 1. The fraction of sp³-hybridized carbons (Fsp3) is 0.438. The molecule has 0 saturated heterocycles. The number of hydrogen-bond donors (Lipinski definition) is 2. The van der Waals surface area contributed by atoms with Crippen molar-refractivity contribution in [2.45, 2.75) is 38.2 Å². The summed E-state index contributed by atoms with van der Waals surface area (Å²) >= 11 is 0. The molecule has 0 bridgehead atoms. The Labute approximate surface area is 137 Å². The number of ether oxygens (including phenoxy) is 1. The molecule has 0 radical (unpaired) electrons. The summed E-state index contributed by atoms with van der Waals surface area (Å²) in [5, 5.41) is 9.82. The Morgan fingerprint density at radius 3 is 3.21 bits per heavy atom. The van der Waals surface area contributed by atoms with E-state index in [0.717, 1.165) is 36.1 Å². The third-order valence-corrected chi connectivity index (χ3v) is 3.99. The molecule has 1 unspecified atom stereocenters. The van der Waals surface area contributed by atoms with Gasteiger partial charge < -0.3 is 10.1 Å². The van der Waals surface area contributed by atoms with E-state index in [0.29, 0.717) is 0 Å². The lowest BCUT2D eigenvalue weighted by molar-refractivity contribution is -0.123. The molecule has 2 aromatic rings. The number of fused-ring (bicyclic) bond motifs is 1. The van der Waals surface area contributed by atoms with Crippen molar-refractivity contribution in [1.29, 1.82) is 0 Å². The van der Waals surface area contributed by atoms with E-state index in [1.807, 2.05) is 0 Å². The van der Waals surface area contributed by atoms with Crippen LogP contribution >= 0.6 is 0 Å². The van der Waals surface area contributed by atoms with Gasteiger partial charge in [-0.15, -0.1) is 0 Å². The van der Waals surface area contributed by atoms with E-state index in [4.69, 9.17) is 4.74 Å². The predicted octanol–water partition coefficient (Wildman–Crippen LogP) is 2.18. The van der Waals surface area contributed by atoms with Crippen LogP contribution < -0.4 is 10.1 Å². The van der Waals surface area contributed by atoms with Crippen molar-refractivity contribution in [3.63, 3.8) is 0 Å². The zero-order valence-electron chi connectivity index (χ0n) is 13.0. The van der Waals surface area contributed by atoms with Crippen LogP contribution in [0, 0.1) is 0 Å². The van der Waals surface area contributed by atoms with Crippen molar-refractivity contribution in [3.05, 3.63) is 41.3 Å². The monoisotopic (exact) mass is 336 g/mol. The number of nitrogens with one attached hydrogen (secondary N) is 2. The van der Waals surface area contributed by atoms with Gasteiger partial charge in [0.2, 0.25) is 11.8 Å². The molecule has 1 aliphatic rings. The van der Waals surface area contributed by atoms with Gasteiger partial charge in [0.05, 0.1) is 12.1 Å². The Morgan fingerprint density at radius 1 is 1.50 bits per heavy atom. The fourth-order valence-corrected chi connectivity index (χ4v) is 2.83. The van der Waals surface area contributed by atoms with Crippen molar-refractivity contribution >= 4 is 5.91 Å². The highest BCUT2D eigenvalue weighted by Crippen LogP contribution is 2.30. The number of aryl methyl sites for hydroxylation is 1. The lowest BCUT2D eigenvalue weighted by Crippen LogP contribution is -2.30.